The Balaban J connectivity index is 1.71. The molecule has 1 aromatic heterocycles. The van der Waals surface area contributed by atoms with Gasteiger partial charge < -0.3 is 14.5 Å². The van der Waals surface area contributed by atoms with Gasteiger partial charge in [-0.2, -0.15) is 0 Å². The molecule has 3 aromatic rings. The topological polar surface area (TPSA) is 81.4 Å². The molecule has 150 valence electrons. The van der Waals surface area contributed by atoms with Gasteiger partial charge in [-0.1, -0.05) is 35.9 Å². The normalized spacial score (nSPS) is 11.8. The number of esters is 1. The fourth-order valence-corrected chi connectivity index (χ4v) is 3.16. The van der Waals surface area contributed by atoms with Gasteiger partial charge in [-0.3, -0.25) is 4.79 Å². The molecule has 1 N–H and O–H groups in total. The van der Waals surface area contributed by atoms with Crippen molar-refractivity contribution in [3.63, 3.8) is 0 Å². The van der Waals surface area contributed by atoms with E-state index in [-0.39, 0.29) is 5.69 Å². The molecule has 0 aliphatic carbocycles. The van der Waals surface area contributed by atoms with Crippen LogP contribution in [-0.2, 0) is 9.53 Å². The van der Waals surface area contributed by atoms with Gasteiger partial charge in [-0.05, 0) is 57.9 Å². The van der Waals surface area contributed by atoms with Crippen LogP contribution in [0.2, 0.25) is 0 Å². The van der Waals surface area contributed by atoms with Crippen molar-refractivity contribution in [3.05, 3.63) is 70.6 Å². The van der Waals surface area contributed by atoms with Crippen molar-refractivity contribution in [3.8, 4) is 11.5 Å². The maximum Gasteiger partial charge on any atom is 0.361 e. The highest BCUT2D eigenvalue weighted by Crippen LogP contribution is 2.24. The van der Waals surface area contributed by atoms with Crippen molar-refractivity contribution in [1.82, 2.24) is 4.98 Å². The lowest BCUT2D eigenvalue weighted by Gasteiger charge is -2.16. The SMILES string of the molecule is Cc1cc(C)c(NC(=O)[C@H](C)OC(=O)c2nc(-c3ccccc3)oc2C)c(C)c1. The zero-order valence-electron chi connectivity index (χ0n) is 17.2. The third-order valence-electron chi connectivity index (χ3n) is 4.59. The first-order valence-corrected chi connectivity index (χ1v) is 9.38. The van der Waals surface area contributed by atoms with Crippen LogP contribution < -0.4 is 5.32 Å². The van der Waals surface area contributed by atoms with Crippen LogP contribution in [0.3, 0.4) is 0 Å². The van der Waals surface area contributed by atoms with Gasteiger partial charge in [0.15, 0.2) is 11.8 Å². The summed E-state index contributed by atoms with van der Waals surface area (Å²) in [5.41, 5.74) is 4.57. The van der Waals surface area contributed by atoms with Crippen LogP contribution in [0.25, 0.3) is 11.5 Å². The lowest BCUT2D eigenvalue weighted by Crippen LogP contribution is -2.30. The molecule has 1 amide bonds. The smallest absolute Gasteiger partial charge is 0.361 e. The number of oxazole rings is 1. The minimum atomic E-state index is -0.987. The molecule has 1 atom stereocenters. The van der Waals surface area contributed by atoms with Crippen molar-refractivity contribution >= 4 is 17.6 Å². The first-order chi connectivity index (χ1) is 13.8. The number of aryl methyl sites for hydroxylation is 4. The first kappa shape index (κ1) is 20.3. The largest absolute Gasteiger partial charge is 0.448 e. The molecular weight excluding hydrogens is 368 g/mol. The Morgan fingerprint density at radius 2 is 1.66 bits per heavy atom. The monoisotopic (exact) mass is 392 g/mol. The summed E-state index contributed by atoms with van der Waals surface area (Å²) in [6.07, 6.45) is -0.987. The fourth-order valence-electron chi connectivity index (χ4n) is 3.16. The number of ether oxygens (including phenoxy) is 1. The molecule has 1 heterocycles. The molecule has 0 saturated carbocycles. The lowest BCUT2D eigenvalue weighted by molar-refractivity contribution is -0.123. The third kappa shape index (κ3) is 4.54. The summed E-state index contributed by atoms with van der Waals surface area (Å²) in [7, 11) is 0. The average molecular weight is 392 g/mol. The van der Waals surface area contributed by atoms with Gasteiger partial charge >= 0.3 is 5.97 Å². The summed E-state index contributed by atoms with van der Waals surface area (Å²) in [6.45, 7) is 9.02. The van der Waals surface area contributed by atoms with Crippen LogP contribution in [0, 0.1) is 27.7 Å². The zero-order chi connectivity index (χ0) is 21.1. The summed E-state index contributed by atoms with van der Waals surface area (Å²) in [4.78, 5) is 29.3. The molecular formula is C23H24N2O4. The van der Waals surface area contributed by atoms with Gasteiger partial charge in [0.25, 0.3) is 5.91 Å². The molecule has 0 aliphatic heterocycles. The number of nitrogens with zero attached hydrogens (tertiary/aromatic N) is 1. The van der Waals surface area contributed by atoms with E-state index >= 15 is 0 Å². The van der Waals surface area contributed by atoms with Crippen molar-refractivity contribution < 1.29 is 18.7 Å². The summed E-state index contributed by atoms with van der Waals surface area (Å²) in [5.74, 6) is -0.434. The predicted octanol–water partition coefficient (Wildman–Crippen LogP) is 4.76. The van der Waals surface area contributed by atoms with E-state index in [1.54, 1.807) is 6.92 Å². The molecule has 0 unspecified atom stereocenters. The van der Waals surface area contributed by atoms with Crippen LogP contribution in [0.1, 0.15) is 39.9 Å². The standard InChI is InChI=1S/C23H24N2O4/c1-13-11-14(2)19(15(3)12-13)24-21(26)17(5)29-23(27)20-16(4)28-22(25-20)18-9-7-6-8-10-18/h6-12,17H,1-5H3,(H,24,26)/t17-/m0/s1. The second-order valence-electron chi connectivity index (χ2n) is 7.10. The molecule has 0 spiro atoms. The predicted molar refractivity (Wildman–Crippen MR) is 111 cm³/mol. The Bertz CT molecular complexity index is 1030. The van der Waals surface area contributed by atoms with Crippen molar-refractivity contribution in [2.75, 3.05) is 5.32 Å². The molecule has 0 bridgehead atoms. The van der Waals surface area contributed by atoms with Gasteiger partial charge in [0, 0.05) is 11.3 Å². The third-order valence-corrected chi connectivity index (χ3v) is 4.59. The number of carbonyl (C=O) groups excluding carboxylic acids is 2. The Kier molecular flexibility index (Phi) is 5.82. The molecule has 2 aromatic carbocycles. The van der Waals surface area contributed by atoms with Gasteiger partial charge in [0.1, 0.15) is 5.76 Å². The minimum absolute atomic E-state index is 0.0613. The highest BCUT2D eigenvalue weighted by Gasteiger charge is 2.25. The number of aromatic nitrogens is 1. The van der Waals surface area contributed by atoms with Crippen LogP contribution in [0.15, 0.2) is 46.9 Å². The van der Waals surface area contributed by atoms with Crippen LogP contribution in [0.5, 0.6) is 0 Å². The molecule has 0 radical (unpaired) electrons. The summed E-state index contributed by atoms with van der Waals surface area (Å²) in [6, 6.07) is 13.2. The van der Waals surface area contributed by atoms with E-state index < -0.39 is 18.0 Å². The van der Waals surface area contributed by atoms with Crippen LogP contribution in [-0.4, -0.2) is 23.0 Å². The Morgan fingerprint density at radius 3 is 2.28 bits per heavy atom. The van der Waals surface area contributed by atoms with Crippen molar-refractivity contribution in [2.45, 2.75) is 40.7 Å². The molecule has 6 nitrogen and oxygen atoms in total. The van der Waals surface area contributed by atoms with E-state index in [1.165, 1.54) is 6.92 Å². The Labute approximate surface area is 169 Å². The second-order valence-corrected chi connectivity index (χ2v) is 7.10. The fraction of sp³-hybridized carbons (Fsp3) is 0.261. The minimum Gasteiger partial charge on any atom is -0.448 e. The summed E-state index contributed by atoms with van der Waals surface area (Å²) in [5, 5.41) is 2.85. The van der Waals surface area contributed by atoms with Crippen LogP contribution in [0.4, 0.5) is 5.69 Å². The lowest BCUT2D eigenvalue weighted by atomic mass is 10.0. The van der Waals surface area contributed by atoms with E-state index in [0.29, 0.717) is 11.7 Å². The van der Waals surface area contributed by atoms with Crippen molar-refractivity contribution in [1.29, 1.82) is 0 Å². The highest BCUT2D eigenvalue weighted by molar-refractivity contribution is 5.98. The van der Waals surface area contributed by atoms with Gasteiger partial charge in [0.2, 0.25) is 5.89 Å². The number of anilines is 1. The van der Waals surface area contributed by atoms with E-state index in [9.17, 15) is 9.59 Å². The molecule has 0 saturated heterocycles. The van der Waals surface area contributed by atoms with Gasteiger partial charge in [0.05, 0.1) is 0 Å². The molecule has 3 rings (SSSR count). The number of amides is 1. The second kappa shape index (κ2) is 8.31. The molecule has 29 heavy (non-hydrogen) atoms. The molecule has 0 aliphatic rings. The number of rotatable bonds is 5. The van der Waals surface area contributed by atoms with Gasteiger partial charge in [-0.15, -0.1) is 0 Å². The number of nitrogens with one attached hydrogen (secondary N) is 1. The summed E-state index contributed by atoms with van der Waals surface area (Å²) < 4.78 is 10.9. The van der Waals surface area contributed by atoms with E-state index in [4.69, 9.17) is 9.15 Å². The Morgan fingerprint density at radius 1 is 1.03 bits per heavy atom. The molecule has 6 heteroatoms. The van der Waals surface area contributed by atoms with E-state index in [0.717, 1.165) is 27.9 Å². The number of carbonyl (C=O) groups is 2. The van der Waals surface area contributed by atoms with Crippen LogP contribution >= 0.6 is 0 Å². The maximum absolute atomic E-state index is 12.5. The quantitative estimate of drug-likeness (QED) is 0.633. The van der Waals surface area contributed by atoms with E-state index in [1.807, 2.05) is 63.2 Å². The highest BCUT2D eigenvalue weighted by atomic mass is 16.5. The summed E-state index contributed by atoms with van der Waals surface area (Å²) >= 11 is 0. The number of benzene rings is 2. The van der Waals surface area contributed by atoms with Gasteiger partial charge in [-0.25, -0.2) is 9.78 Å². The number of hydrogen-bond donors (Lipinski definition) is 1. The van der Waals surface area contributed by atoms with Crippen molar-refractivity contribution in [2.24, 2.45) is 0 Å². The number of hydrogen-bond acceptors (Lipinski definition) is 5. The zero-order valence-corrected chi connectivity index (χ0v) is 17.2. The Hall–Kier alpha value is -3.41. The first-order valence-electron chi connectivity index (χ1n) is 9.38. The molecule has 0 fully saturated rings. The maximum atomic E-state index is 12.5. The average Bonchev–Trinajstić information content (AvgIpc) is 3.07. The van der Waals surface area contributed by atoms with E-state index in [2.05, 4.69) is 10.3 Å².